The number of benzene rings is 1. The van der Waals surface area contributed by atoms with Gasteiger partial charge in [-0.05, 0) is 26.0 Å². The summed E-state index contributed by atoms with van der Waals surface area (Å²) in [5.74, 6) is 0.259. The maximum atomic E-state index is 10.9. The predicted octanol–water partition coefficient (Wildman–Crippen LogP) is 2.52. The van der Waals surface area contributed by atoms with E-state index < -0.39 is 18.5 Å². The summed E-state index contributed by atoms with van der Waals surface area (Å²) >= 11 is 0. The van der Waals surface area contributed by atoms with Crippen molar-refractivity contribution in [3.63, 3.8) is 0 Å². The van der Waals surface area contributed by atoms with Crippen LogP contribution >= 0.6 is 0 Å². The van der Waals surface area contributed by atoms with Gasteiger partial charge in [-0.2, -0.15) is 0 Å². The molecular formula is C15H20O5. The van der Waals surface area contributed by atoms with Crippen LogP contribution in [0.15, 0.2) is 43.0 Å². The van der Waals surface area contributed by atoms with Crippen molar-refractivity contribution in [1.29, 1.82) is 0 Å². The van der Waals surface area contributed by atoms with E-state index in [0.29, 0.717) is 13.2 Å². The van der Waals surface area contributed by atoms with E-state index in [0.717, 1.165) is 11.8 Å². The lowest BCUT2D eigenvalue weighted by atomic mass is 10.3. The smallest absolute Gasteiger partial charge is 0.332 e. The minimum Gasteiger partial charge on any atom is -0.491 e. The van der Waals surface area contributed by atoms with Crippen LogP contribution in [0.25, 0.3) is 0 Å². The second-order valence-electron chi connectivity index (χ2n) is 3.94. The first kappa shape index (κ1) is 16.2. The predicted molar refractivity (Wildman–Crippen MR) is 74.2 cm³/mol. The van der Waals surface area contributed by atoms with Crippen LogP contribution < -0.4 is 4.74 Å². The minimum absolute atomic E-state index is 0.373. The van der Waals surface area contributed by atoms with Gasteiger partial charge in [0.25, 0.3) is 0 Å². The van der Waals surface area contributed by atoms with E-state index in [4.69, 9.17) is 18.9 Å². The van der Waals surface area contributed by atoms with E-state index in [2.05, 4.69) is 6.58 Å². The average molecular weight is 280 g/mol. The molecule has 0 N–H and O–H groups in total. The Morgan fingerprint density at radius 1 is 1.20 bits per heavy atom. The number of esters is 1. The van der Waals surface area contributed by atoms with Crippen LogP contribution in [-0.2, 0) is 19.0 Å². The first-order valence-corrected chi connectivity index (χ1v) is 6.39. The van der Waals surface area contributed by atoms with E-state index in [1.54, 1.807) is 13.8 Å². The molecule has 0 fully saturated rings. The van der Waals surface area contributed by atoms with E-state index in [1.807, 2.05) is 30.3 Å². The largest absolute Gasteiger partial charge is 0.491 e. The first-order valence-electron chi connectivity index (χ1n) is 6.39. The third-order valence-electron chi connectivity index (χ3n) is 2.28. The Labute approximate surface area is 119 Å². The zero-order valence-electron chi connectivity index (χ0n) is 11.8. The second-order valence-corrected chi connectivity index (χ2v) is 3.94. The van der Waals surface area contributed by atoms with Crippen molar-refractivity contribution in [2.75, 3.05) is 13.2 Å². The molecule has 2 unspecified atom stereocenters. The van der Waals surface area contributed by atoms with Crippen LogP contribution in [0.4, 0.5) is 0 Å². The quantitative estimate of drug-likeness (QED) is 0.301. The van der Waals surface area contributed by atoms with Gasteiger partial charge in [0, 0.05) is 6.08 Å². The second kappa shape index (κ2) is 9.12. The average Bonchev–Trinajstić information content (AvgIpc) is 2.44. The van der Waals surface area contributed by atoms with Crippen molar-refractivity contribution >= 4 is 5.97 Å². The molecule has 5 nitrogen and oxygen atoms in total. The molecule has 2 atom stereocenters. The van der Waals surface area contributed by atoms with E-state index in [-0.39, 0.29) is 0 Å². The van der Waals surface area contributed by atoms with E-state index in [9.17, 15) is 4.79 Å². The first-order chi connectivity index (χ1) is 9.61. The van der Waals surface area contributed by atoms with Gasteiger partial charge in [-0.1, -0.05) is 24.8 Å². The highest BCUT2D eigenvalue weighted by Crippen LogP contribution is 2.08. The van der Waals surface area contributed by atoms with Gasteiger partial charge in [0.1, 0.15) is 12.4 Å². The number of rotatable bonds is 9. The molecule has 0 amide bonds. The topological polar surface area (TPSA) is 54.0 Å². The highest BCUT2D eigenvalue weighted by molar-refractivity contribution is 5.81. The molecule has 1 rings (SSSR count). The Morgan fingerprint density at radius 2 is 1.90 bits per heavy atom. The zero-order chi connectivity index (χ0) is 14.8. The third kappa shape index (κ3) is 6.92. The van der Waals surface area contributed by atoms with Crippen LogP contribution in [0, 0.1) is 0 Å². The number of hydrogen-bond acceptors (Lipinski definition) is 5. The lowest BCUT2D eigenvalue weighted by Crippen LogP contribution is -2.25. The molecule has 20 heavy (non-hydrogen) atoms. The van der Waals surface area contributed by atoms with Crippen LogP contribution in [-0.4, -0.2) is 31.8 Å². The summed E-state index contributed by atoms with van der Waals surface area (Å²) in [7, 11) is 0. The van der Waals surface area contributed by atoms with Gasteiger partial charge < -0.3 is 18.9 Å². The van der Waals surface area contributed by atoms with Crippen molar-refractivity contribution < 1.29 is 23.7 Å². The van der Waals surface area contributed by atoms with Gasteiger partial charge in [0.15, 0.2) is 6.29 Å². The number of carbonyl (C=O) groups excluding carboxylic acids is 1. The van der Waals surface area contributed by atoms with Crippen molar-refractivity contribution in [2.24, 2.45) is 0 Å². The SMILES string of the molecule is C=CC(=O)OC(C)OC(C)OCCOc1ccccc1. The van der Waals surface area contributed by atoms with E-state index in [1.165, 1.54) is 0 Å². The molecule has 0 spiro atoms. The van der Waals surface area contributed by atoms with Crippen LogP contribution in [0.1, 0.15) is 13.8 Å². The molecule has 1 aromatic carbocycles. The van der Waals surface area contributed by atoms with E-state index >= 15 is 0 Å². The van der Waals surface area contributed by atoms with Gasteiger partial charge in [-0.25, -0.2) is 4.79 Å². The summed E-state index contributed by atoms with van der Waals surface area (Å²) in [6.07, 6.45) is -0.105. The van der Waals surface area contributed by atoms with Crippen molar-refractivity contribution in [3.05, 3.63) is 43.0 Å². The molecule has 1 aromatic rings. The summed E-state index contributed by atoms with van der Waals surface area (Å²) in [5.41, 5.74) is 0. The Bertz CT molecular complexity index is 404. The Balaban J connectivity index is 2.12. The fourth-order valence-electron chi connectivity index (χ4n) is 1.44. The molecule has 0 aliphatic heterocycles. The summed E-state index contributed by atoms with van der Waals surface area (Å²) in [4.78, 5) is 10.9. The molecule has 110 valence electrons. The van der Waals surface area contributed by atoms with Gasteiger partial charge >= 0.3 is 5.97 Å². The van der Waals surface area contributed by atoms with Crippen molar-refractivity contribution in [3.8, 4) is 5.75 Å². The number of ether oxygens (including phenoxy) is 4. The van der Waals surface area contributed by atoms with Gasteiger partial charge in [-0.15, -0.1) is 0 Å². The monoisotopic (exact) mass is 280 g/mol. The Hall–Kier alpha value is -1.85. The lowest BCUT2D eigenvalue weighted by Gasteiger charge is -2.19. The number of hydrogen-bond donors (Lipinski definition) is 0. The molecule has 5 heteroatoms. The maximum absolute atomic E-state index is 10.9. The van der Waals surface area contributed by atoms with Crippen molar-refractivity contribution in [1.82, 2.24) is 0 Å². The van der Waals surface area contributed by atoms with Crippen LogP contribution in [0.3, 0.4) is 0 Å². The molecule has 0 saturated carbocycles. The lowest BCUT2D eigenvalue weighted by molar-refractivity contribution is -0.227. The molecular weight excluding hydrogens is 260 g/mol. The number of para-hydroxylation sites is 1. The maximum Gasteiger partial charge on any atom is 0.332 e. The summed E-state index contributed by atoms with van der Waals surface area (Å²) in [6.45, 7) is 7.43. The fraction of sp³-hybridized carbons (Fsp3) is 0.400. The standard InChI is InChI=1S/C15H20O5/c1-4-15(16)20-13(3)19-12(2)17-10-11-18-14-8-6-5-7-9-14/h4-9,12-13H,1,10-11H2,2-3H3. The molecule has 0 heterocycles. The van der Waals surface area contributed by atoms with Crippen molar-refractivity contribution in [2.45, 2.75) is 26.4 Å². The zero-order valence-corrected chi connectivity index (χ0v) is 11.8. The highest BCUT2D eigenvalue weighted by Gasteiger charge is 2.11. The van der Waals surface area contributed by atoms with Gasteiger partial charge in [0.05, 0.1) is 6.61 Å². The molecule has 0 saturated heterocycles. The fourth-order valence-corrected chi connectivity index (χ4v) is 1.44. The molecule has 0 aliphatic rings. The number of carbonyl (C=O) groups is 1. The van der Waals surface area contributed by atoms with Gasteiger partial charge in [0.2, 0.25) is 6.29 Å². The Kier molecular flexibility index (Phi) is 7.39. The summed E-state index contributed by atoms with van der Waals surface area (Å²) in [5, 5.41) is 0. The minimum atomic E-state index is -0.689. The molecule has 0 aromatic heterocycles. The third-order valence-corrected chi connectivity index (χ3v) is 2.28. The van der Waals surface area contributed by atoms with Crippen LogP contribution in [0.5, 0.6) is 5.75 Å². The molecule has 0 aliphatic carbocycles. The van der Waals surface area contributed by atoms with Crippen LogP contribution in [0.2, 0.25) is 0 Å². The molecule has 0 radical (unpaired) electrons. The summed E-state index contributed by atoms with van der Waals surface area (Å²) in [6, 6.07) is 9.47. The summed E-state index contributed by atoms with van der Waals surface area (Å²) < 4.78 is 21.0. The Morgan fingerprint density at radius 3 is 2.55 bits per heavy atom. The normalized spacial score (nSPS) is 13.3. The molecule has 0 bridgehead atoms. The highest BCUT2D eigenvalue weighted by atomic mass is 16.8. The van der Waals surface area contributed by atoms with Gasteiger partial charge in [-0.3, -0.25) is 0 Å².